The van der Waals surface area contributed by atoms with Crippen LogP contribution in [0.1, 0.15) is 67.4 Å². The Balaban J connectivity index is 1.46. The van der Waals surface area contributed by atoms with E-state index < -0.39 is 0 Å². The summed E-state index contributed by atoms with van der Waals surface area (Å²) in [5.74, 6) is 0.246. The van der Waals surface area contributed by atoms with Gasteiger partial charge in [0.05, 0.1) is 11.6 Å². The van der Waals surface area contributed by atoms with E-state index in [0.717, 1.165) is 72.7 Å². The van der Waals surface area contributed by atoms with Crippen LogP contribution in [-0.4, -0.2) is 27.7 Å². The second-order valence-corrected chi connectivity index (χ2v) is 10.5. The molecule has 1 aromatic heterocycles. The topological polar surface area (TPSA) is 80.3 Å². The average molecular weight is 444 g/mol. The van der Waals surface area contributed by atoms with E-state index in [9.17, 15) is 9.90 Å². The predicted molar refractivity (Wildman–Crippen MR) is 132 cm³/mol. The first-order valence-electron chi connectivity index (χ1n) is 12.5. The summed E-state index contributed by atoms with van der Waals surface area (Å²) in [6, 6.07) is 15.2. The van der Waals surface area contributed by atoms with E-state index in [1.807, 2.05) is 10.6 Å². The van der Waals surface area contributed by atoms with Crippen LogP contribution in [0.15, 0.2) is 42.5 Å². The van der Waals surface area contributed by atoms with Crippen molar-refractivity contribution in [1.29, 1.82) is 0 Å². The minimum atomic E-state index is -0.168. The molecule has 1 spiro atoms. The van der Waals surface area contributed by atoms with Gasteiger partial charge in [0.15, 0.2) is 0 Å². The van der Waals surface area contributed by atoms with Crippen molar-refractivity contribution in [3.05, 3.63) is 53.7 Å². The Morgan fingerprint density at radius 1 is 1.06 bits per heavy atom. The number of nitrogens with zero attached hydrogens (tertiary/aromatic N) is 1. The quantitative estimate of drug-likeness (QED) is 0.515. The first-order valence-corrected chi connectivity index (χ1v) is 12.5. The monoisotopic (exact) mass is 443 g/mol. The summed E-state index contributed by atoms with van der Waals surface area (Å²) in [5.41, 5.74) is 13.0. The molecule has 0 saturated heterocycles. The van der Waals surface area contributed by atoms with E-state index in [1.54, 1.807) is 0 Å². The number of aliphatic hydroxyl groups excluding tert-OH is 1. The minimum Gasteiger partial charge on any atom is -0.393 e. The van der Waals surface area contributed by atoms with Crippen molar-refractivity contribution in [2.45, 2.75) is 76.5 Å². The van der Waals surface area contributed by atoms with Crippen LogP contribution in [0.3, 0.4) is 0 Å². The SMILES string of the molecule is NCc1ccc(-c2c3n(c4ccccc24)C(=O)CC2(CCC2)C3)cc1NC1CCC(O)CC1. The fourth-order valence-corrected chi connectivity index (χ4v) is 6.40. The lowest BCUT2D eigenvalue weighted by Crippen LogP contribution is -2.40. The minimum absolute atomic E-state index is 0.164. The van der Waals surface area contributed by atoms with Gasteiger partial charge in [-0.05, 0) is 73.6 Å². The molecule has 5 heteroatoms. The van der Waals surface area contributed by atoms with Crippen molar-refractivity contribution in [1.82, 2.24) is 4.57 Å². The molecule has 2 fully saturated rings. The Morgan fingerprint density at radius 2 is 1.85 bits per heavy atom. The lowest BCUT2D eigenvalue weighted by Gasteiger charge is -2.44. The van der Waals surface area contributed by atoms with E-state index in [4.69, 9.17) is 5.73 Å². The molecule has 4 N–H and O–H groups in total. The molecule has 2 heterocycles. The highest BCUT2D eigenvalue weighted by molar-refractivity contribution is 6.05. The zero-order chi connectivity index (χ0) is 22.6. The van der Waals surface area contributed by atoms with Gasteiger partial charge in [-0.2, -0.15) is 0 Å². The fraction of sp³-hybridized carbons (Fsp3) is 0.464. The standard InChI is InChI=1S/C28H33N3O2/c29-17-19-7-6-18(14-23(19)30-20-8-10-21(32)11-9-20)27-22-4-1-2-5-24(22)31-25(27)15-28(12-3-13-28)16-26(31)33/h1-2,4-7,14,20-21,30,32H,3,8-13,15-17,29H2. The molecule has 0 amide bonds. The summed E-state index contributed by atoms with van der Waals surface area (Å²) in [6.45, 7) is 0.480. The molecule has 6 rings (SSSR count). The predicted octanol–water partition coefficient (Wildman–Crippen LogP) is 5.24. The largest absolute Gasteiger partial charge is 0.393 e. The van der Waals surface area contributed by atoms with Gasteiger partial charge in [-0.1, -0.05) is 36.8 Å². The highest BCUT2D eigenvalue weighted by Crippen LogP contribution is 2.52. The summed E-state index contributed by atoms with van der Waals surface area (Å²) < 4.78 is 2.00. The van der Waals surface area contributed by atoms with Crippen molar-refractivity contribution < 1.29 is 9.90 Å². The van der Waals surface area contributed by atoms with Crippen molar-refractivity contribution >= 4 is 22.5 Å². The third-order valence-electron chi connectivity index (χ3n) is 8.38. The molecule has 2 aromatic carbocycles. The molecule has 0 radical (unpaired) electrons. The number of para-hydroxylation sites is 1. The van der Waals surface area contributed by atoms with Crippen LogP contribution in [0.2, 0.25) is 0 Å². The fourth-order valence-electron chi connectivity index (χ4n) is 6.40. The molecule has 33 heavy (non-hydrogen) atoms. The van der Waals surface area contributed by atoms with Crippen molar-refractivity contribution in [2.24, 2.45) is 11.1 Å². The van der Waals surface area contributed by atoms with Crippen molar-refractivity contribution in [2.75, 3.05) is 5.32 Å². The van der Waals surface area contributed by atoms with Crippen LogP contribution < -0.4 is 11.1 Å². The molecule has 1 aliphatic heterocycles. The van der Waals surface area contributed by atoms with Crippen molar-refractivity contribution in [3.63, 3.8) is 0 Å². The normalized spacial score (nSPS) is 24.0. The number of nitrogens with one attached hydrogen (secondary N) is 1. The molecular weight excluding hydrogens is 410 g/mol. The molecule has 0 atom stereocenters. The Bertz CT molecular complexity index is 1220. The number of aliphatic hydroxyl groups is 1. The summed E-state index contributed by atoms with van der Waals surface area (Å²) in [4.78, 5) is 13.3. The van der Waals surface area contributed by atoms with E-state index in [2.05, 4.69) is 41.7 Å². The molecule has 5 nitrogen and oxygen atoms in total. The molecule has 0 bridgehead atoms. The van der Waals surface area contributed by atoms with Crippen LogP contribution in [0.25, 0.3) is 22.0 Å². The number of hydrogen-bond acceptors (Lipinski definition) is 4. The van der Waals surface area contributed by atoms with Crippen LogP contribution in [-0.2, 0) is 13.0 Å². The number of carbonyl (C=O) groups excluding carboxylic acids is 1. The highest BCUT2D eigenvalue weighted by atomic mass is 16.3. The van der Waals surface area contributed by atoms with E-state index in [-0.39, 0.29) is 17.4 Å². The number of benzene rings is 2. The molecule has 2 aliphatic carbocycles. The Morgan fingerprint density at radius 3 is 2.58 bits per heavy atom. The van der Waals surface area contributed by atoms with Gasteiger partial charge >= 0.3 is 0 Å². The Kier molecular flexibility index (Phi) is 5.07. The Hall–Kier alpha value is -2.63. The van der Waals surface area contributed by atoms with Crippen molar-refractivity contribution in [3.8, 4) is 11.1 Å². The molecule has 2 saturated carbocycles. The first-order chi connectivity index (χ1) is 16.1. The van der Waals surface area contributed by atoms with Gasteiger partial charge in [-0.15, -0.1) is 0 Å². The third kappa shape index (κ3) is 3.49. The maximum Gasteiger partial charge on any atom is 0.231 e. The lowest BCUT2D eigenvalue weighted by atomic mass is 9.62. The van der Waals surface area contributed by atoms with Crippen LogP contribution >= 0.6 is 0 Å². The number of rotatable bonds is 4. The maximum atomic E-state index is 13.3. The van der Waals surface area contributed by atoms with Crippen LogP contribution in [0, 0.1) is 5.41 Å². The zero-order valence-electron chi connectivity index (χ0n) is 19.1. The molecule has 3 aliphatic rings. The van der Waals surface area contributed by atoms with Gasteiger partial charge in [0.25, 0.3) is 0 Å². The van der Waals surface area contributed by atoms with Gasteiger partial charge in [-0.25, -0.2) is 0 Å². The average Bonchev–Trinajstić information content (AvgIpc) is 3.14. The second-order valence-electron chi connectivity index (χ2n) is 10.5. The number of nitrogens with two attached hydrogens (primary N) is 1. The number of aromatic nitrogens is 1. The van der Waals surface area contributed by atoms with Crippen LogP contribution in [0.5, 0.6) is 0 Å². The van der Waals surface area contributed by atoms with Gasteiger partial charge < -0.3 is 16.2 Å². The smallest absolute Gasteiger partial charge is 0.231 e. The molecule has 0 unspecified atom stereocenters. The second kappa shape index (κ2) is 8.00. The Labute approximate surface area is 195 Å². The molecule has 3 aromatic rings. The van der Waals surface area contributed by atoms with E-state index >= 15 is 0 Å². The molecular formula is C28H33N3O2. The van der Waals surface area contributed by atoms with E-state index in [1.165, 1.54) is 17.7 Å². The van der Waals surface area contributed by atoms with Crippen LogP contribution in [0.4, 0.5) is 5.69 Å². The number of hydrogen-bond donors (Lipinski definition) is 3. The van der Waals surface area contributed by atoms with Gasteiger partial charge in [0, 0.05) is 41.3 Å². The first kappa shape index (κ1) is 20.9. The lowest BCUT2D eigenvalue weighted by molar-refractivity contribution is 0.0600. The van der Waals surface area contributed by atoms with Gasteiger partial charge in [0.2, 0.25) is 5.91 Å². The highest BCUT2D eigenvalue weighted by Gasteiger charge is 2.44. The number of carbonyl (C=O) groups is 1. The van der Waals surface area contributed by atoms with E-state index in [0.29, 0.717) is 19.0 Å². The number of anilines is 1. The summed E-state index contributed by atoms with van der Waals surface area (Å²) >= 11 is 0. The zero-order valence-corrected chi connectivity index (χ0v) is 19.1. The number of fused-ring (bicyclic) bond motifs is 3. The summed E-state index contributed by atoms with van der Waals surface area (Å²) in [7, 11) is 0. The summed E-state index contributed by atoms with van der Waals surface area (Å²) in [6.07, 6.45) is 8.66. The molecule has 172 valence electrons. The third-order valence-corrected chi connectivity index (χ3v) is 8.38. The van der Waals surface area contributed by atoms with Gasteiger partial charge in [-0.3, -0.25) is 9.36 Å². The summed E-state index contributed by atoms with van der Waals surface area (Å²) in [5, 5.41) is 14.8. The maximum absolute atomic E-state index is 13.3. The van der Waals surface area contributed by atoms with Gasteiger partial charge in [0.1, 0.15) is 0 Å².